The molecule has 2 atom stereocenters. The van der Waals surface area contributed by atoms with Gasteiger partial charge in [0.05, 0.1) is 17.6 Å². The van der Waals surface area contributed by atoms with E-state index in [2.05, 4.69) is 121 Å². The Kier molecular flexibility index (Phi) is 6.81. The first-order chi connectivity index (χ1) is 17.8. The topological polar surface area (TPSA) is 18.5 Å². The van der Waals surface area contributed by atoms with Gasteiger partial charge in [-0.2, -0.15) is 0 Å². The highest BCUT2D eigenvalue weighted by Gasteiger charge is 2.09. The zero-order valence-corrected chi connectivity index (χ0v) is 21.8. The predicted octanol–water partition coefficient (Wildman–Crippen LogP) is 9.49. The molecule has 0 N–H and O–H groups in total. The van der Waals surface area contributed by atoms with E-state index in [1.165, 1.54) is 32.7 Å². The number of hydrogen-bond acceptors (Lipinski definition) is 2. The van der Waals surface area contributed by atoms with E-state index in [1.807, 2.05) is 0 Å². The fourth-order valence-corrected chi connectivity index (χ4v) is 6.40. The van der Waals surface area contributed by atoms with E-state index in [1.54, 1.807) is 0 Å². The van der Waals surface area contributed by atoms with Crippen molar-refractivity contribution in [2.75, 3.05) is 0 Å². The Hall–Kier alpha value is -3.44. The lowest BCUT2D eigenvalue weighted by molar-refractivity contribution is 0.635. The van der Waals surface area contributed by atoms with Crippen LogP contribution in [-0.4, -0.2) is 0 Å². The molecule has 6 aromatic rings. The third-order valence-electron chi connectivity index (χ3n) is 6.46. The van der Waals surface area contributed by atoms with Gasteiger partial charge in [-0.05, 0) is 44.8 Å². The molecule has 6 rings (SSSR count). The maximum atomic E-state index is 6.31. The van der Waals surface area contributed by atoms with Gasteiger partial charge in [0.2, 0.25) is 0 Å². The Morgan fingerprint density at radius 3 is 1.28 bits per heavy atom. The van der Waals surface area contributed by atoms with Crippen molar-refractivity contribution in [1.82, 2.24) is 0 Å². The van der Waals surface area contributed by atoms with E-state index in [0.29, 0.717) is 17.6 Å². The van der Waals surface area contributed by atoms with Crippen molar-refractivity contribution in [2.24, 2.45) is 0 Å². The van der Waals surface area contributed by atoms with Crippen LogP contribution in [0.25, 0.3) is 32.3 Å². The maximum absolute atomic E-state index is 6.31. The average molecular weight is 505 g/mol. The van der Waals surface area contributed by atoms with Crippen LogP contribution < -0.4 is 9.05 Å². The summed E-state index contributed by atoms with van der Waals surface area (Å²) in [6, 6.07) is 42.5. The summed E-state index contributed by atoms with van der Waals surface area (Å²) >= 11 is 0. The van der Waals surface area contributed by atoms with Gasteiger partial charge >= 0.3 is 0 Å². The lowest BCUT2D eigenvalue weighted by atomic mass is 10.0. The quantitative estimate of drug-likeness (QED) is 0.192. The highest BCUT2D eigenvalue weighted by atomic mass is 31.1. The highest BCUT2D eigenvalue weighted by molar-refractivity contribution is 7.32. The summed E-state index contributed by atoms with van der Waals surface area (Å²) in [4.78, 5) is 0. The van der Waals surface area contributed by atoms with Crippen LogP contribution in [0, 0.1) is 0 Å². The van der Waals surface area contributed by atoms with E-state index in [4.69, 9.17) is 9.05 Å². The van der Waals surface area contributed by atoms with Crippen molar-refractivity contribution in [2.45, 2.75) is 12.3 Å². The number of rotatable bonds is 8. The van der Waals surface area contributed by atoms with Gasteiger partial charge in [0, 0.05) is 23.1 Å². The van der Waals surface area contributed by atoms with E-state index < -0.39 is 0 Å². The highest BCUT2D eigenvalue weighted by Crippen LogP contribution is 2.36. The van der Waals surface area contributed by atoms with Crippen molar-refractivity contribution in [1.29, 1.82) is 0 Å². The largest absolute Gasteiger partial charge is 0.476 e. The molecule has 0 bridgehead atoms. The summed E-state index contributed by atoms with van der Waals surface area (Å²) in [7, 11) is 0.690. The molecule has 176 valence electrons. The zero-order valence-electron chi connectivity index (χ0n) is 19.8. The fourth-order valence-electron chi connectivity index (χ4n) is 4.62. The Bertz CT molecular complexity index is 1530. The molecule has 0 radical (unpaired) electrons. The molecule has 0 aliphatic carbocycles. The molecular weight excluding hydrogens is 478 g/mol. The Morgan fingerprint density at radius 2 is 0.806 bits per heavy atom. The normalized spacial score (nSPS) is 11.9. The molecule has 0 fully saturated rings. The standard InChI is InChI=1S/C32H26O2P2/c1-2-12-26-20-28(22-36-34-32-18-8-14-24-10-4-6-16-30(24)32)27(19-25(26)11-1)21-35-33-31-17-7-13-23-9-3-5-15-29(23)31/h1-20,35-36H,21-22H2. The van der Waals surface area contributed by atoms with E-state index in [-0.39, 0.29) is 0 Å². The Labute approximate surface area is 215 Å². The van der Waals surface area contributed by atoms with Crippen molar-refractivity contribution in [3.05, 3.63) is 132 Å². The molecule has 0 spiro atoms. The molecular formula is C32H26O2P2. The van der Waals surface area contributed by atoms with Crippen molar-refractivity contribution < 1.29 is 9.05 Å². The van der Waals surface area contributed by atoms with Crippen LogP contribution in [0.1, 0.15) is 11.1 Å². The third kappa shape index (κ3) is 4.93. The number of hydrogen-bond donors (Lipinski definition) is 0. The van der Waals surface area contributed by atoms with Crippen LogP contribution in [0.3, 0.4) is 0 Å². The van der Waals surface area contributed by atoms with Crippen LogP contribution in [0.4, 0.5) is 0 Å². The number of benzene rings is 6. The van der Waals surface area contributed by atoms with Gasteiger partial charge in [0.1, 0.15) is 11.5 Å². The minimum atomic E-state index is 0.345. The molecule has 4 heteroatoms. The molecule has 2 nitrogen and oxygen atoms in total. The summed E-state index contributed by atoms with van der Waals surface area (Å²) in [5.41, 5.74) is 2.67. The van der Waals surface area contributed by atoms with Gasteiger partial charge < -0.3 is 9.05 Å². The first kappa shape index (κ1) is 23.0. The minimum absolute atomic E-state index is 0.345. The summed E-state index contributed by atoms with van der Waals surface area (Å²) in [6.45, 7) is 0. The van der Waals surface area contributed by atoms with Gasteiger partial charge in [-0.3, -0.25) is 0 Å². The van der Waals surface area contributed by atoms with Crippen molar-refractivity contribution >= 4 is 49.9 Å². The number of fused-ring (bicyclic) bond motifs is 3. The van der Waals surface area contributed by atoms with Gasteiger partial charge in [-0.25, -0.2) is 0 Å². The van der Waals surface area contributed by atoms with Crippen LogP contribution in [-0.2, 0) is 12.3 Å². The van der Waals surface area contributed by atoms with Gasteiger partial charge in [-0.15, -0.1) is 0 Å². The van der Waals surface area contributed by atoms with E-state index in [9.17, 15) is 0 Å². The lowest BCUT2D eigenvalue weighted by Crippen LogP contribution is -1.93. The Balaban J connectivity index is 1.21. The molecule has 0 aromatic heterocycles. The van der Waals surface area contributed by atoms with Gasteiger partial charge in [0.25, 0.3) is 0 Å². The smallest absolute Gasteiger partial charge is 0.130 e. The van der Waals surface area contributed by atoms with Crippen molar-refractivity contribution in [3.63, 3.8) is 0 Å². The lowest BCUT2D eigenvalue weighted by Gasteiger charge is -2.14. The van der Waals surface area contributed by atoms with Crippen LogP contribution in [0.5, 0.6) is 11.5 Å². The molecule has 6 aromatic carbocycles. The van der Waals surface area contributed by atoms with Crippen molar-refractivity contribution in [3.8, 4) is 11.5 Å². The van der Waals surface area contributed by atoms with E-state index in [0.717, 1.165) is 34.6 Å². The summed E-state index contributed by atoms with van der Waals surface area (Å²) in [5, 5.41) is 7.28. The minimum Gasteiger partial charge on any atom is -0.476 e. The van der Waals surface area contributed by atoms with Crippen LogP contribution >= 0.6 is 17.6 Å². The molecule has 2 unspecified atom stereocenters. The van der Waals surface area contributed by atoms with Crippen LogP contribution in [0.2, 0.25) is 0 Å². The average Bonchev–Trinajstić information content (AvgIpc) is 2.93. The second kappa shape index (κ2) is 10.7. The second-order valence-electron chi connectivity index (χ2n) is 8.77. The van der Waals surface area contributed by atoms with Gasteiger partial charge in [-0.1, -0.05) is 109 Å². The monoisotopic (exact) mass is 504 g/mol. The summed E-state index contributed by atoms with van der Waals surface area (Å²) in [6.07, 6.45) is 1.75. The molecule has 0 saturated heterocycles. The summed E-state index contributed by atoms with van der Waals surface area (Å²) < 4.78 is 12.6. The second-order valence-corrected chi connectivity index (χ2v) is 10.5. The third-order valence-corrected chi connectivity index (χ3v) is 8.24. The molecule has 0 heterocycles. The first-order valence-corrected chi connectivity index (χ1v) is 14.3. The SMILES string of the molecule is c1ccc2cc(CPOc3cccc4ccccc34)c(CPOc3cccc4ccccc34)cc2c1. The van der Waals surface area contributed by atoms with Gasteiger partial charge in [0.15, 0.2) is 0 Å². The summed E-state index contributed by atoms with van der Waals surface area (Å²) in [5.74, 6) is 1.91. The first-order valence-electron chi connectivity index (χ1n) is 12.1. The fraction of sp³-hybridized carbons (Fsp3) is 0.0625. The maximum Gasteiger partial charge on any atom is 0.130 e. The predicted molar refractivity (Wildman–Crippen MR) is 157 cm³/mol. The molecule has 0 aliphatic heterocycles. The zero-order chi connectivity index (χ0) is 24.2. The molecule has 0 aliphatic rings. The molecule has 0 amide bonds. The molecule has 36 heavy (non-hydrogen) atoms. The van der Waals surface area contributed by atoms with Crippen LogP contribution in [0.15, 0.2) is 121 Å². The Morgan fingerprint density at radius 1 is 0.417 bits per heavy atom. The van der Waals surface area contributed by atoms with E-state index >= 15 is 0 Å². The molecule has 0 saturated carbocycles.